The molecule has 0 unspecified atom stereocenters. The molecule has 8 nitrogen and oxygen atoms in total. The molecule has 1 fully saturated rings. The summed E-state index contributed by atoms with van der Waals surface area (Å²) in [7, 11) is -0.231. The summed E-state index contributed by atoms with van der Waals surface area (Å²) >= 11 is 0. The van der Waals surface area contributed by atoms with Crippen LogP contribution in [0.4, 0.5) is 0 Å². The molecule has 0 aliphatic carbocycles. The van der Waals surface area contributed by atoms with Gasteiger partial charge in [0, 0.05) is 57.7 Å². The SMILES string of the molecule is CC(C)n1nccc1-c1nccnc1C1CCN(S(=O)(=O)N(C)C)CC1. The molecule has 0 bridgehead atoms. The van der Waals surface area contributed by atoms with Crippen molar-refractivity contribution in [1.29, 1.82) is 0 Å². The largest absolute Gasteiger partial charge is 0.281 e. The second-order valence-corrected chi connectivity index (χ2v) is 9.15. The molecule has 0 spiro atoms. The molecule has 0 radical (unpaired) electrons. The number of nitrogens with zero attached hydrogens (tertiary/aromatic N) is 6. The van der Waals surface area contributed by atoms with Crippen molar-refractivity contribution in [2.24, 2.45) is 0 Å². The van der Waals surface area contributed by atoms with Crippen LogP contribution >= 0.6 is 0 Å². The summed E-state index contributed by atoms with van der Waals surface area (Å²) in [6.45, 7) is 5.14. The first kappa shape index (κ1) is 18.9. The molecule has 1 aliphatic heterocycles. The molecular formula is C17H26N6O2S. The van der Waals surface area contributed by atoms with Gasteiger partial charge in [-0.05, 0) is 32.8 Å². The van der Waals surface area contributed by atoms with E-state index in [0.29, 0.717) is 13.1 Å². The molecule has 0 aromatic carbocycles. The van der Waals surface area contributed by atoms with Gasteiger partial charge in [0.15, 0.2) is 0 Å². The van der Waals surface area contributed by atoms with E-state index in [1.54, 1.807) is 32.7 Å². The van der Waals surface area contributed by atoms with E-state index < -0.39 is 10.2 Å². The average Bonchev–Trinajstić information content (AvgIpc) is 3.11. The van der Waals surface area contributed by atoms with Crippen molar-refractivity contribution in [1.82, 2.24) is 28.4 Å². The molecular weight excluding hydrogens is 352 g/mol. The third-order valence-corrected chi connectivity index (χ3v) is 6.70. The zero-order valence-corrected chi connectivity index (χ0v) is 16.5. The minimum Gasteiger partial charge on any atom is -0.261 e. The van der Waals surface area contributed by atoms with Gasteiger partial charge in [-0.2, -0.15) is 22.1 Å². The Labute approximate surface area is 155 Å². The van der Waals surface area contributed by atoms with Crippen LogP contribution in [-0.4, -0.2) is 64.0 Å². The third kappa shape index (κ3) is 3.51. The summed E-state index contributed by atoms with van der Waals surface area (Å²) in [5, 5.41) is 4.40. The highest BCUT2D eigenvalue weighted by Gasteiger charge is 2.32. The molecule has 0 atom stereocenters. The van der Waals surface area contributed by atoms with Crippen molar-refractivity contribution < 1.29 is 8.42 Å². The van der Waals surface area contributed by atoms with Gasteiger partial charge in [-0.25, -0.2) is 0 Å². The molecule has 2 aromatic heterocycles. The molecule has 1 aliphatic rings. The zero-order chi connectivity index (χ0) is 18.9. The van der Waals surface area contributed by atoms with Crippen molar-refractivity contribution in [2.75, 3.05) is 27.2 Å². The lowest BCUT2D eigenvalue weighted by Crippen LogP contribution is -2.44. The zero-order valence-electron chi connectivity index (χ0n) is 15.7. The van der Waals surface area contributed by atoms with Crippen LogP contribution in [0.25, 0.3) is 11.4 Å². The summed E-state index contributed by atoms with van der Waals surface area (Å²) in [6.07, 6.45) is 6.64. The van der Waals surface area contributed by atoms with Gasteiger partial charge < -0.3 is 0 Å². The summed E-state index contributed by atoms with van der Waals surface area (Å²) in [5.74, 6) is 0.183. The fourth-order valence-corrected chi connectivity index (χ4v) is 4.48. The quantitative estimate of drug-likeness (QED) is 0.793. The fraction of sp³-hybridized carbons (Fsp3) is 0.588. The molecule has 26 heavy (non-hydrogen) atoms. The Morgan fingerprint density at radius 3 is 2.38 bits per heavy atom. The van der Waals surface area contributed by atoms with E-state index in [1.807, 2.05) is 10.7 Å². The molecule has 9 heteroatoms. The van der Waals surface area contributed by atoms with Gasteiger partial charge in [0.25, 0.3) is 10.2 Å². The van der Waals surface area contributed by atoms with Crippen LogP contribution in [0.15, 0.2) is 24.7 Å². The smallest absolute Gasteiger partial charge is 0.261 e. The maximum Gasteiger partial charge on any atom is 0.281 e. The van der Waals surface area contributed by atoms with E-state index >= 15 is 0 Å². The predicted molar refractivity (Wildman–Crippen MR) is 99.8 cm³/mol. The first-order chi connectivity index (χ1) is 12.3. The van der Waals surface area contributed by atoms with Gasteiger partial charge in [0.05, 0.1) is 11.4 Å². The van der Waals surface area contributed by atoms with E-state index in [-0.39, 0.29) is 12.0 Å². The van der Waals surface area contributed by atoms with Crippen LogP contribution in [0.3, 0.4) is 0 Å². The van der Waals surface area contributed by atoms with Gasteiger partial charge in [-0.1, -0.05) is 0 Å². The second-order valence-electron chi connectivity index (χ2n) is 7.01. The topological polar surface area (TPSA) is 84.2 Å². The second kappa shape index (κ2) is 7.42. The van der Waals surface area contributed by atoms with Crippen molar-refractivity contribution in [3.63, 3.8) is 0 Å². The Kier molecular flexibility index (Phi) is 5.40. The van der Waals surface area contributed by atoms with Gasteiger partial charge >= 0.3 is 0 Å². The standard InChI is InChI=1S/C17H26N6O2S/c1-13(2)23-15(5-8-20-23)17-16(18-9-10-19-17)14-6-11-22(12-7-14)26(24,25)21(3)4/h5,8-10,13-14H,6-7,11-12H2,1-4H3. The normalized spacial score (nSPS) is 17.3. The lowest BCUT2D eigenvalue weighted by atomic mass is 9.92. The lowest BCUT2D eigenvalue weighted by Gasteiger charge is -2.32. The summed E-state index contributed by atoms with van der Waals surface area (Å²) < 4.78 is 29.4. The molecule has 2 aromatic rings. The highest BCUT2D eigenvalue weighted by Crippen LogP contribution is 2.34. The third-order valence-electron chi connectivity index (χ3n) is 4.76. The van der Waals surface area contributed by atoms with Crippen LogP contribution in [0.2, 0.25) is 0 Å². The molecule has 0 amide bonds. The first-order valence-electron chi connectivity index (χ1n) is 8.84. The van der Waals surface area contributed by atoms with Gasteiger partial charge in [-0.15, -0.1) is 0 Å². The van der Waals surface area contributed by atoms with E-state index in [4.69, 9.17) is 0 Å². The van der Waals surface area contributed by atoms with Crippen molar-refractivity contribution in [3.8, 4) is 11.4 Å². The van der Waals surface area contributed by atoms with Gasteiger partial charge in [0.1, 0.15) is 5.69 Å². The van der Waals surface area contributed by atoms with Crippen molar-refractivity contribution in [2.45, 2.75) is 38.6 Å². The first-order valence-corrected chi connectivity index (χ1v) is 10.2. The van der Waals surface area contributed by atoms with Crippen LogP contribution < -0.4 is 0 Å². The predicted octanol–water partition coefficient (Wildman–Crippen LogP) is 1.91. The number of rotatable bonds is 5. The minimum absolute atomic E-state index is 0.183. The molecule has 3 heterocycles. The number of hydrogen-bond acceptors (Lipinski definition) is 5. The average molecular weight is 379 g/mol. The molecule has 1 saturated heterocycles. The van der Waals surface area contributed by atoms with E-state index in [9.17, 15) is 8.42 Å². The highest BCUT2D eigenvalue weighted by atomic mass is 32.2. The Hall–Kier alpha value is -1.84. The van der Waals surface area contributed by atoms with Gasteiger partial charge in [-0.3, -0.25) is 14.6 Å². The maximum absolute atomic E-state index is 12.3. The van der Waals surface area contributed by atoms with Crippen molar-refractivity contribution >= 4 is 10.2 Å². The maximum atomic E-state index is 12.3. The van der Waals surface area contributed by atoms with Crippen LogP contribution in [-0.2, 0) is 10.2 Å². The summed E-state index contributed by atoms with van der Waals surface area (Å²) in [4.78, 5) is 9.17. The monoisotopic (exact) mass is 378 g/mol. The van der Waals surface area contributed by atoms with E-state index in [2.05, 4.69) is 28.9 Å². The van der Waals surface area contributed by atoms with E-state index in [1.165, 1.54) is 8.61 Å². The Balaban J connectivity index is 1.85. The fourth-order valence-electron chi connectivity index (χ4n) is 3.35. The lowest BCUT2D eigenvalue weighted by molar-refractivity contribution is 0.300. The Morgan fingerprint density at radius 2 is 1.77 bits per heavy atom. The minimum atomic E-state index is -3.36. The number of hydrogen-bond donors (Lipinski definition) is 0. The summed E-state index contributed by atoms with van der Waals surface area (Å²) in [6, 6.07) is 2.18. The Bertz CT molecular complexity index is 854. The Morgan fingerprint density at radius 1 is 1.12 bits per heavy atom. The van der Waals surface area contributed by atoms with Crippen molar-refractivity contribution in [3.05, 3.63) is 30.4 Å². The van der Waals surface area contributed by atoms with Crippen LogP contribution in [0, 0.1) is 0 Å². The number of aromatic nitrogens is 4. The number of piperidine rings is 1. The van der Waals surface area contributed by atoms with E-state index in [0.717, 1.165) is 29.9 Å². The molecule has 0 N–H and O–H groups in total. The van der Waals surface area contributed by atoms with Crippen LogP contribution in [0.5, 0.6) is 0 Å². The van der Waals surface area contributed by atoms with Crippen LogP contribution in [0.1, 0.15) is 44.3 Å². The molecule has 142 valence electrons. The molecule has 0 saturated carbocycles. The molecule has 3 rings (SSSR count). The summed E-state index contributed by atoms with van der Waals surface area (Å²) in [5.41, 5.74) is 2.72. The highest BCUT2D eigenvalue weighted by molar-refractivity contribution is 7.86. The van der Waals surface area contributed by atoms with Gasteiger partial charge in [0.2, 0.25) is 0 Å².